The lowest BCUT2D eigenvalue weighted by atomic mass is 10.1. The summed E-state index contributed by atoms with van der Waals surface area (Å²) in [6.07, 6.45) is 5.35. The number of ether oxygens (including phenoxy) is 2. The van der Waals surface area contributed by atoms with E-state index in [9.17, 15) is 13.2 Å². The van der Waals surface area contributed by atoms with Crippen LogP contribution in [-0.2, 0) is 32.6 Å². The number of fused-ring (bicyclic) bond motifs is 1. The van der Waals surface area contributed by atoms with Gasteiger partial charge in [-0.3, -0.25) is 4.79 Å². The number of piperidine rings is 1. The highest BCUT2D eigenvalue weighted by atomic mass is 32.2. The van der Waals surface area contributed by atoms with Crippen molar-refractivity contribution in [1.82, 2.24) is 24.0 Å². The Labute approximate surface area is 214 Å². The summed E-state index contributed by atoms with van der Waals surface area (Å²) < 4.78 is 41.7. The Bertz CT molecular complexity index is 1110. The first kappa shape index (κ1) is 28.1. The number of sulfonamides is 1. The molecule has 0 bridgehead atoms. The van der Waals surface area contributed by atoms with Gasteiger partial charge in [-0.15, -0.1) is 10.2 Å². The number of methoxy groups -OCH3 is 1. The second-order valence-corrected chi connectivity index (χ2v) is 11.2. The van der Waals surface area contributed by atoms with E-state index in [2.05, 4.69) is 24.0 Å². The molecule has 11 heteroatoms. The number of carbonyl (C=O) groups excluding carboxylic acids is 1. The standard InChI is InChI=1S/C22H31N5O5S.C3H8/c1-16-10-19(31-3)11-17(2)22(16)33(29,30)27-7-5-4-6-18(27)13-32-14-21(28)25-8-9-26-15-23-24-20(26)12-25;1-3-2/h10-11,15,18H,4-9,12-14H2,1-3H3;3H2,1-2H3. The number of hydrogen-bond acceptors (Lipinski definition) is 7. The molecular weight excluding hydrogens is 482 g/mol. The van der Waals surface area contributed by atoms with Gasteiger partial charge in [-0.05, 0) is 49.9 Å². The van der Waals surface area contributed by atoms with Crippen LogP contribution < -0.4 is 4.74 Å². The molecule has 4 rings (SSSR count). The van der Waals surface area contributed by atoms with Gasteiger partial charge in [0.05, 0.1) is 25.2 Å². The number of aryl methyl sites for hydroxylation is 2. The maximum absolute atomic E-state index is 13.6. The molecular formula is C25H39N5O5S. The summed E-state index contributed by atoms with van der Waals surface area (Å²) >= 11 is 0. The lowest BCUT2D eigenvalue weighted by Crippen LogP contribution is -2.47. The van der Waals surface area contributed by atoms with Crippen LogP contribution in [0, 0.1) is 13.8 Å². The van der Waals surface area contributed by atoms with E-state index in [0.29, 0.717) is 54.4 Å². The molecule has 2 aliphatic rings. The smallest absolute Gasteiger partial charge is 0.249 e. The minimum absolute atomic E-state index is 0.0842. The number of aromatic nitrogens is 3. The number of carbonyl (C=O) groups is 1. The van der Waals surface area contributed by atoms with Crippen LogP contribution in [0.5, 0.6) is 5.75 Å². The van der Waals surface area contributed by atoms with E-state index in [0.717, 1.165) is 18.7 Å². The Morgan fingerprint density at radius 3 is 2.47 bits per heavy atom. The van der Waals surface area contributed by atoms with Crippen molar-refractivity contribution >= 4 is 15.9 Å². The molecule has 10 nitrogen and oxygen atoms in total. The van der Waals surface area contributed by atoms with E-state index < -0.39 is 10.0 Å². The van der Waals surface area contributed by atoms with E-state index in [1.165, 1.54) is 6.42 Å². The number of hydrogen-bond donors (Lipinski definition) is 0. The fourth-order valence-electron chi connectivity index (χ4n) is 4.66. The molecule has 36 heavy (non-hydrogen) atoms. The van der Waals surface area contributed by atoms with Gasteiger partial charge in [0.15, 0.2) is 5.82 Å². The van der Waals surface area contributed by atoms with Crippen LogP contribution in [0.4, 0.5) is 0 Å². The molecule has 0 radical (unpaired) electrons. The quantitative estimate of drug-likeness (QED) is 0.551. The first-order valence-electron chi connectivity index (χ1n) is 12.6. The lowest BCUT2D eigenvalue weighted by Gasteiger charge is -2.35. The number of amides is 1. The van der Waals surface area contributed by atoms with E-state index in [1.54, 1.807) is 48.6 Å². The highest BCUT2D eigenvalue weighted by Crippen LogP contribution is 2.32. The van der Waals surface area contributed by atoms with E-state index in [1.807, 2.05) is 4.57 Å². The third-order valence-corrected chi connectivity index (χ3v) is 8.59. The molecule has 1 aromatic carbocycles. The normalized spacial score (nSPS) is 18.2. The van der Waals surface area contributed by atoms with Gasteiger partial charge >= 0.3 is 0 Å². The fraction of sp³-hybridized carbons (Fsp3) is 0.640. The van der Waals surface area contributed by atoms with Gasteiger partial charge in [0.2, 0.25) is 15.9 Å². The Hall–Kier alpha value is -2.50. The summed E-state index contributed by atoms with van der Waals surface area (Å²) in [5.41, 5.74) is 1.32. The molecule has 0 saturated carbocycles. The molecule has 1 aromatic heterocycles. The van der Waals surface area contributed by atoms with Gasteiger partial charge < -0.3 is 18.9 Å². The average molecular weight is 522 g/mol. The Morgan fingerprint density at radius 2 is 1.81 bits per heavy atom. The van der Waals surface area contributed by atoms with Crippen molar-refractivity contribution in [2.75, 3.05) is 33.4 Å². The van der Waals surface area contributed by atoms with Crippen LogP contribution in [0.2, 0.25) is 0 Å². The van der Waals surface area contributed by atoms with Crippen LogP contribution in [0.25, 0.3) is 0 Å². The average Bonchev–Trinajstić information content (AvgIpc) is 3.32. The third-order valence-electron chi connectivity index (χ3n) is 6.34. The van der Waals surface area contributed by atoms with Gasteiger partial charge in [-0.1, -0.05) is 26.7 Å². The van der Waals surface area contributed by atoms with Crippen LogP contribution in [0.1, 0.15) is 56.5 Å². The summed E-state index contributed by atoms with van der Waals surface area (Å²) in [4.78, 5) is 14.6. The zero-order chi connectivity index (χ0) is 26.3. The maximum atomic E-state index is 13.6. The van der Waals surface area contributed by atoms with E-state index in [4.69, 9.17) is 9.47 Å². The van der Waals surface area contributed by atoms with E-state index in [-0.39, 0.29) is 25.2 Å². The van der Waals surface area contributed by atoms with Crippen molar-refractivity contribution in [2.45, 2.75) is 77.4 Å². The molecule has 1 saturated heterocycles. The molecule has 200 valence electrons. The molecule has 0 aliphatic carbocycles. The number of benzene rings is 1. The summed E-state index contributed by atoms with van der Waals surface area (Å²) in [7, 11) is -2.15. The first-order chi connectivity index (χ1) is 17.2. The van der Waals surface area contributed by atoms with Gasteiger partial charge in [-0.25, -0.2) is 8.42 Å². The SMILES string of the molecule is CCC.COc1cc(C)c(S(=O)(=O)N2CCCCC2COCC(=O)N2CCn3cnnc3C2)c(C)c1. The molecule has 1 fully saturated rings. The topological polar surface area (TPSA) is 107 Å². The second kappa shape index (κ2) is 12.6. The lowest BCUT2D eigenvalue weighted by molar-refractivity contribution is -0.138. The van der Waals surface area contributed by atoms with Crippen molar-refractivity contribution < 1.29 is 22.7 Å². The fourth-order valence-corrected chi connectivity index (χ4v) is 6.76. The zero-order valence-corrected chi connectivity index (χ0v) is 22.9. The third kappa shape index (κ3) is 6.43. The van der Waals surface area contributed by atoms with Crippen LogP contribution >= 0.6 is 0 Å². The van der Waals surface area contributed by atoms with Gasteiger partial charge in [0.25, 0.3) is 0 Å². The van der Waals surface area contributed by atoms with Crippen molar-refractivity contribution in [3.05, 3.63) is 35.4 Å². The van der Waals surface area contributed by atoms with Gasteiger partial charge in [-0.2, -0.15) is 4.31 Å². The van der Waals surface area contributed by atoms with Crippen LogP contribution in [-0.4, -0.2) is 77.7 Å². The van der Waals surface area contributed by atoms with Gasteiger partial charge in [0.1, 0.15) is 18.7 Å². The number of nitrogens with zero attached hydrogens (tertiary/aromatic N) is 5. The minimum Gasteiger partial charge on any atom is -0.497 e. The van der Waals surface area contributed by atoms with Crippen molar-refractivity contribution in [1.29, 1.82) is 0 Å². The monoisotopic (exact) mass is 521 g/mol. The predicted octanol–water partition coefficient (Wildman–Crippen LogP) is 2.92. The highest BCUT2D eigenvalue weighted by Gasteiger charge is 2.36. The molecule has 1 amide bonds. The van der Waals surface area contributed by atoms with Crippen molar-refractivity contribution in [3.63, 3.8) is 0 Å². The molecule has 2 aromatic rings. The van der Waals surface area contributed by atoms with Crippen LogP contribution in [0.3, 0.4) is 0 Å². The molecule has 1 atom stereocenters. The summed E-state index contributed by atoms with van der Waals surface area (Å²) in [6.45, 7) is 10.0. The summed E-state index contributed by atoms with van der Waals surface area (Å²) in [6, 6.07) is 3.18. The Morgan fingerprint density at radius 1 is 1.11 bits per heavy atom. The summed E-state index contributed by atoms with van der Waals surface area (Å²) in [5, 5.41) is 7.90. The Balaban J connectivity index is 0.00000115. The molecule has 1 unspecified atom stereocenters. The van der Waals surface area contributed by atoms with Gasteiger partial charge in [0, 0.05) is 25.7 Å². The maximum Gasteiger partial charge on any atom is 0.249 e. The second-order valence-electron chi connectivity index (χ2n) is 9.33. The van der Waals surface area contributed by atoms with E-state index >= 15 is 0 Å². The number of rotatable bonds is 7. The zero-order valence-electron chi connectivity index (χ0n) is 22.1. The van der Waals surface area contributed by atoms with Crippen LogP contribution in [0.15, 0.2) is 23.4 Å². The molecule has 3 heterocycles. The first-order valence-corrected chi connectivity index (χ1v) is 14.1. The molecule has 0 spiro atoms. The summed E-state index contributed by atoms with van der Waals surface area (Å²) in [5.74, 6) is 1.26. The predicted molar refractivity (Wildman–Crippen MR) is 136 cm³/mol. The molecule has 0 N–H and O–H groups in total. The van der Waals surface area contributed by atoms with Crippen molar-refractivity contribution in [2.24, 2.45) is 0 Å². The minimum atomic E-state index is -3.71. The molecule has 2 aliphatic heterocycles. The highest BCUT2D eigenvalue weighted by molar-refractivity contribution is 7.89. The van der Waals surface area contributed by atoms with Crippen molar-refractivity contribution in [3.8, 4) is 5.75 Å². The Kier molecular flexibility index (Phi) is 9.86. The largest absolute Gasteiger partial charge is 0.497 e.